The predicted molar refractivity (Wildman–Crippen MR) is 81.5 cm³/mol. The van der Waals surface area contributed by atoms with Gasteiger partial charge in [0, 0.05) is 24.6 Å². The molecule has 0 aromatic carbocycles. The molecule has 22 nitrogen and oxygen atoms in total. The Morgan fingerprint density at radius 3 is 0.852 bits per heavy atom. The largest absolute Gasteiger partial charge is 0.259 e. The van der Waals surface area contributed by atoms with Crippen molar-refractivity contribution in [1.29, 1.82) is 0 Å². The maximum absolute atomic E-state index is 8.11. The molecule has 0 amide bonds. The highest BCUT2D eigenvalue weighted by molar-refractivity contribution is 5.32. The molecule has 0 radical (unpaired) electrons. The zero-order valence-corrected chi connectivity index (χ0v) is 12.3. The van der Waals surface area contributed by atoms with Crippen LogP contribution >= 0.6 is 0 Å². The molecule has 27 heavy (non-hydrogen) atoms. The third-order valence-corrected chi connectivity index (χ3v) is 1.73. The molecule has 0 fully saturated rings. The summed E-state index contributed by atoms with van der Waals surface area (Å²) < 4.78 is 0. The molecular formula is C5N22. The predicted octanol–water partition coefficient (Wildman–Crippen LogP) is 3.85. The summed E-state index contributed by atoms with van der Waals surface area (Å²) in [6, 6.07) is 0. The zero-order valence-electron chi connectivity index (χ0n) is 12.3. The van der Waals surface area contributed by atoms with Crippen LogP contribution in [-0.4, -0.2) is 35.3 Å². The van der Waals surface area contributed by atoms with Crippen LogP contribution in [0.1, 0.15) is 0 Å². The van der Waals surface area contributed by atoms with E-state index in [1.807, 2.05) is 0 Å². The molecule has 0 saturated heterocycles. The van der Waals surface area contributed by atoms with Gasteiger partial charge in [-0.3, -0.25) is 0 Å². The standard InChI is InChI=1S/C3N12.C2N10/c4-13-10-1-7-2(11-14-5)9-3(8-1)12-15-6;3-11-9-1-5-7-2(8-6-1)10-12-4. The van der Waals surface area contributed by atoms with Crippen molar-refractivity contribution in [3.63, 3.8) is 0 Å². The Morgan fingerprint density at radius 2 is 0.630 bits per heavy atom. The van der Waals surface area contributed by atoms with E-state index < -0.39 is 0 Å². The van der Waals surface area contributed by atoms with E-state index in [0.717, 1.165) is 0 Å². The minimum Gasteiger partial charge on any atom is -0.205 e. The zero-order chi connectivity index (χ0) is 19.9. The van der Waals surface area contributed by atoms with Crippen molar-refractivity contribution >= 4 is 29.7 Å². The van der Waals surface area contributed by atoms with Crippen molar-refractivity contribution in [2.45, 2.75) is 0 Å². The lowest BCUT2D eigenvalue weighted by Gasteiger charge is -1.94. The van der Waals surface area contributed by atoms with Gasteiger partial charge in [-0.1, -0.05) is 0 Å². The quantitative estimate of drug-likeness (QED) is 0.425. The molecule has 22 heteroatoms. The van der Waals surface area contributed by atoms with Gasteiger partial charge in [0.1, 0.15) is 0 Å². The highest BCUT2D eigenvalue weighted by Gasteiger charge is 2.01. The Kier molecular flexibility index (Phi) is 8.04. The van der Waals surface area contributed by atoms with Crippen LogP contribution in [0.2, 0.25) is 0 Å². The van der Waals surface area contributed by atoms with E-state index in [2.05, 4.69) is 85.5 Å². The first kappa shape index (κ1) is 19.5. The van der Waals surface area contributed by atoms with Crippen LogP contribution in [0, 0.1) is 0 Å². The number of hydrogen-bond donors (Lipinski definition) is 0. The summed E-state index contributed by atoms with van der Waals surface area (Å²) in [4.78, 5) is 22.4. The Morgan fingerprint density at radius 1 is 0.407 bits per heavy atom. The van der Waals surface area contributed by atoms with Crippen LogP contribution in [0.5, 0.6) is 0 Å². The van der Waals surface area contributed by atoms with Crippen molar-refractivity contribution in [2.24, 2.45) is 25.6 Å². The Bertz CT molecular complexity index is 905. The van der Waals surface area contributed by atoms with Crippen LogP contribution in [0.4, 0.5) is 29.7 Å². The maximum Gasteiger partial charge on any atom is 0.259 e. The smallest absolute Gasteiger partial charge is 0.205 e. The van der Waals surface area contributed by atoms with E-state index in [1.165, 1.54) is 0 Å². The molecule has 0 N–H and O–H groups in total. The van der Waals surface area contributed by atoms with Gasteiger partial charge in [-0.15, -0.1) is 20.4 Å². The van der Waals surface area contributed by atoms with Crippen LogP contribution in [0.25, 0.3) is 52.2 Å². The first-order valence-electron chi connectivity index (χ1n) is 5.75. The van der Waals surface area contributed by atoms with E-state index in [-0.39, 0.29) is 29.7 Å². The molecule has 130 valence electrons. The summed E-state index contributed by atoms with van der Waals surface area (Å²) in [5, 5.41) is 28.3. The number of azide groups is 5. The molecule has 2 aromatic heterocycles. The highest BCUT2D eigenvalue weighted by atomic mass is 15.4. The van der Waals surface area contributed by atoms with Gasteiger partial charge in [0.05, 0.1) is 0 Å². The van der Waals surface area contributed by atoms with E-state index in [4.69, 9.17) is 27.7 Å². The fourth-order valence-electron chi connectivity index (χ4n) is 0.976. The Labute approximate surface area is 144 Å². The van der Waals surface area contributed by atoms with Gasteiger partial charge < -0.3 is 0 Å². The second-order valence-corrected chi connectivity index (χ2v) is 3.18. The molecule has 2 rings (SSSR count). The van der Waals surface area contributed by atoms with E-state index in [1.54, 1.807) is 0 Å². The fraction of sp³-hybridized carbons (Fsp3) is 0. The second-order valence-electron chi connectivity index (χ2n) is 3.18. The minimum atomic E-state index is -0.350. The van der Waals surface area contributed by atoms with Crippen LogP contribution in [-0.2, 0) is 0 Å². The number of rotatable bonds is 5. The van der Waals surface area contributed by atoms with Crippen molar-refractivity contribution in [3.05, 3.63) is 52.2 Å². The maximum atomic E-state index is 8.11. The Balaban J connectivity index is 0.000000277. The molecule has 0 spiro atoms. The van der Waals surface area contributed by atoms with Gasteiger partial charge in [0.25, 0.3) is 11.9 Å². The average molecular weight is 368 g/mol. The Hall–Kier alpha value is -5.50. The van der Waals surface area contributed by atoms with Gasteiger partial charge in [-0.05, 0) is 53.2 Å². The molecule has 0 aliphatic rings. The molecule has 0 atom stereocenters. The summed E-state index contributed by atoms with van der Waals surface area (Å²) in [5.41, 5.74) is 40.2. The van der Waals surface area contributed by atoms with Gasteiger partial charge in [0.2, 0.25) is 17.8 Å². The van der Waals surface area contributed by atoms with Crippen LogP contribution < -0.4 is 0 Å². The second kappa shape index (κ2) is 11.1. The fourth-order valence-corrected chi connectivity index (χ4v) is 0.976. The molecule has 0 aliphatic carbocycles. The van der Waals surface area contributed by atoms with Gasteiger partial charge in [-0.25, -0.2) is 15.0 Å². The summed E-state index contributed by atoms with van der Waals surface area (Å²) >= 11 is 0. The molecular weight excluding hydrogens is 368 g/mol. The van der Waals surface area contributed by atoms with Crippen LogP contribution in [0.15, 0.2) is 25.6 Å². The molecule has 0 saturated carbocycles. The van der Waals surface area contributed by atoms with Crippen molar-refractivity contribution in [2.75, 3.05) is 0 Å². The van der Waals surface area contributed by atoms with Gasteiger partial charge >= 0.3 is 0 Å². The molecule has 0 bridgehead atoms. The lowest BCUT2D eigenvalue weighted by molar-refractivity contribution is 0.850. The van der Waals surface area contributed by atoms with Crippen LogP contribution in [0.3, 0.4) is 0 Å². The number of aromatic nitrogens is 7. The SMILES string of the molecule is [N-]=[N+]=Nc1nc(N=[N+]=[N-])nc(N=[N+]=[N-])n1.[N-]=[N+]=Nc1nnc(N=[N+]=[N-])nn1. The number of nitrogens with zero attached hydrogens (tertiary/aromatic N) is 22. The van der Waals surface area contributed by atoms with Gasteiger partial charge in [0.15, 0.2) is 0 Å². The molecule has 0 aliphatic heterocycles. The van der Waals surface area contributed by atoms with Crippen molar-refractivity contribution < 1.29 is 0 Å². The van der Waals surface area contributed by atoms with E-state index >= 15 is 0 Å². The minimum absolute atomic E-state index is 0.227. The molecule has 0 unspecified atom stereocenters. The summed E-state index contributed by atoms with van der Waals surface area (Å²) in [7, 11) is 0. The lowest BCUT2D eigenvalue weighted by Crippen LogP contribution is -1.88. The van der Waals surface area contributed by atoms with Crippen molar-refractivity contribution in [3.8, 4) is 0 Å². The molecule has 2 aromatic rings. The first-order valence-corrected chi connectivity index (χ1v) is 5.75. The third kappa shape index (κ3) is 7.07. The highest BCUT2D eigenvalue weighted by Crippen LogP contribution is 2.16. The summed E-state index contributed by atoms with van der Waals surface area (Å²) in [6.07, 6.45) is 0. The van der Waals surface area contributed by atoms with Crippen molar-refractivity contribution in [1.82, 2.24) is 35.3 Å². The topological polar surface area (TPSA) is 334 Å². The first-order chi connectivity index (χ1) is 13.2. The third-order valence-electron chi connectivity index (χ3n) is 1.73. The average Bonchev–Trinajstić information content (AvgIpc) is 2.65. The molecule has 2 heterocycles. The summed E-state index contributed by atoms with van der Waals surface area (Å²) in [5.74, 6) is -1.50. The number of hydrogen-bond acceptors (Lipinski definition) is 12. The van der Waals surface area contributed by atoms with E-state index in [9.17, 15) is 0 Å². The van der Waals surface area contributed by atoms with Gasteiger partial charge in [-0.2, -0.15) is 0 Å². The monoisotopic (exact) mass is 368 g/mol. The summed E-state index contributed by atoms with van der Waals surface area (Å²) in [6.45, 7) is 0. The normalized spacial score (nSPS) is 8.00. The van der Waals surface area contributed by atoms with E-state index in [0.29, 0.717) is 0 Å². The lowest BCUT2D eigenvalue weighted by atomic mass is 10.8.